The molecular formula is C22H19FN4O3. The maximum atomic E-state index is 14.4. The van der Waals surface area contributed by atoms with Crippen LogP contribution in [-0.4, -0.2) is 30.0 Å². The summed E-state index contributed by atoms with van der Waals surface area (Å²) in [5, 5.41) is 14.6. The summed E-state index contributed by atoms with van der Waals surface area (Å²) in [5.74, 6) is -0.722. The highest BCUT2D eigenvalue weighted by atomic mass is 19.1. The molecule has 7 nitrogen and oxygen atoms in total. The van der Waals surface area contributed by atoms with Gasteiger partial charge in [0.1, 0.15) is 24.7 Å². The number of rotatable bonds is 3. The minimum atomic E-state index is -0.669. The molecule has 1 spiro atoms. The number of aryl methyl sites for hydroxylation is 1. The van der Waals surface area contributed by atoms with Crippen LogP contribution in [0, 0.1) is 24.1 Å². The molecule has 2 aromatic carbocycles. The van der Waals surface area contributed by atoms with Gasteiger partial charge >= 0.3 is 6.03 Å². The van der Waals surface area contributed by atoms with E-state index in [2.05, 4.69) is 10.6 Å². The van der Waals surface area contributed by atoms with Gasteiger partial charge in [-0.3, -0.25) is 4.79 Å². The summed E-state index contributed by atoms with van der Waals surface area (Å²) < 4.78 is 19.9. The zero-order chi connectivity index (χ0) is 21.0. The fraction of sp³-hybridized carbons (Fsp3) is 0.318. The lowest BCUT2D eigenvalue weighted by molar-refractivity contribution is -0.123. The number of carbonyl (C=O) groups is 2. The van der Waals surface area contributed by atoms with Crippen LogP contribution in [0.1, 0.15) is 41.1 Å². The van der Waals surface area contributed by atoms with Crippen molar-refractivity contribution in [2.24, 2.45) is 0 Å². The van der Waals surface area contributed by atoms with Crippen LogP contribution in [0.5, 0.6) is 5.75 Å². The molecule has 152 valence electrons. The summed E-state index contributed by atoms with van der Waals surface area (Å²) >= 11 is 0. The number of benzene rings is 2. The Labute approximate surface area is 172 Å². The molecule has 0 unspecified atom stereocenters. The van der Waals surface area contributed by atoms with Gasteiger partial charge in [-0.05, 0) is 43.5 Å². The number of nitriles is 1. The Hall–Kier alpha value is -3.60. The first kappa shape index (κ1) is 18.4. The Bertz CT molecular complexity index is 1140. The largest absolute Gasteiger partial charge is 0.491 e. The van der Waals surface area contributed by atoms with Crippen molar-refractivity contribution < 1.29 is 18.7 Å². The smallest absolute Gasteiger partial charge is 0.323 e. The monoisotopic (exact) mass is 406 g/mol. The van der Waals surface area contributed by atoms with E-state index >= 15 is 0 Å². The van der Waals surface area contributed by atoms with Crippen LogP contribution in [-0.2, 0) is 10.3 Å². The Kier molecular flexibility index (Phi) is 3.97. The highest BCUT2D eigenvalue weighted by molar-refractivity contribution is 5.97. The fourth-order valence-electron chi connectivity index (χ4n) is 4.63. The van der Waals surface area contributed by atoms with Crippen LogP contribution >= 0.6 is 0 Å². The van der Waals surface area contributed by atoms with Gasteiger partial charge in [0.25, 0.3) is 0 Å². The molecule has 0 bridgehead atoms. The van der Waals surface area contributed by atoms with E-state index in [0.717, 1.165) is 35.7 Å². The van der Waals surface area contributed by atoms with Crippen molar-refractivity contribution >= 4 is 17.6 Å². The number of nitrogens with one attached hydrogen (secondary N) is 2. The average molecular weight is 406 g/mol. The minimum absolute atomic E-state index is 0.0756. The molecule has 8 heteroatoms. The van der Waals surface area contributed by atoms with Crippen molar-refractivity contribution in [1.29, 1.82) is 5.26 Å². The number of fused-ring (bicyclic) bond motifs is 3. The summed E-state index contributed by atoms with van der Waals surface area (Å²) in [4.78, 5) is 27.1. The Balaban J connectivity index is 1.36. The highest BCUT2D eigenvalue weighted by Crippen LogP contribution is 2.56. The van der Waals surface area contributed by atoms with Gasteiger partial charge in [-0.1, -0.05) is 12.1 Å². The second-order valence-electron chi connectivity index (χ2n) is 7.96. The second kappa shape index (κ2) is 6.46. The zero-order valence-electron chi connectivity index (χ0n) is 16.3. The topological polar surface area (TPSA) is 94.5 Å². The van der Waals surface area contributed by atoms with E-state index < -0.39 is 23.3 Å². The second-order valence-corrected chi connectivity index (χ2v) is 7.96. The summed E-state index contributed by atoms with van der Waals surface area (Å²) in [6.45, 7) is 1.94. The number of ether oxygens (including phenoxy) is 1. The molecule has 0 radical (unpaired) electrons. The number of hydrogen-bond acceptors (Lipinski definition) is 4. The molecule has 30 heavy (non-hydrogen) atoms. The Morgan fingerprint density at radius 1 is 1.43 bits per heavy atom. The first-order valence-corrected chi connectivity index (χ1v) is 9.77. The summed E-state index contributed by atoms with van der Waals surface area (Å²) in [5.41, 5.74) is 2.85. The van der Waals surface area contributed by atoms with Gasteiger partial charge in [0.05, 0.1) is 28.8 Å². The maximum Gasteiger partial charge on any atom is 0.323 e. The molecule has 2 N–H and O–H groups in total. The lowest BCUT2D eigenvalue weighted by Gasteiger charge is -2.38. The van der Waals surface area contributed by atoms with E-state index in [0.29, 0.717) is 0 Å². The third-order valence-electron chi connectivity index (χ3n) is 6.08. The number of urea groups is 1. The third-order valence-corrected chi connectivity index (χ3v) is 6.08. The number of anilines is 1. The standard InChI is InChI=1S/C22H19FN4O3/c1-12-3-2-4-15-20(12)22(5-6-22)27(21(29)26-15)10-18(28)25-16-11-30-17-8-13(9-24)7-14(23)19(16)17/h2-4,7-8,16H,5-6,10-11H2,1H3,(H,25,28)(H,26,29)/t16-/m1/s1. The molecule has 1 fully saturated rings. The first-order chi connectivity index (χ1) is 14.4. The van der Waals surface area contributed by atoms with Gasteiger partial charge in [-0.2, -0.15) is 5.26 Å². The van der Waals surface area contributed by atoms with Gasteiger partial charge in [-0.15, -0.1) is 0 Å². The molecule has 0 aromatic heterocycles. The number of hydrogen-bond donors (Lipinski definition) is 2. The SMILES string of the molecule is Cc1cccc2c1C1(CC1)N(CC(=O)N[C@@H]1COc3cc(C#N)cc(F)c31)C(=O)N2. The molecule has 0 saturated heterocycles. The number of amides is 3. The van der Waals surface area contributed by atoms with Crippen molar-refractivity contribution in [2.45, 2.75) is 31.3 Å². The van der Waals surface area contributed by atoms with Crippen LogP contribution in [0.25, 0.3) is 0 Å². The molecule has 1 atom stereocenters. The van der Waals surface area contributed by atoms with Gasteiger partial charge in [-0.25, -0.2) is 9.18 Å². The predicted molar refractivity (Wildman–Crippen MR) is 105 cm³/mol. The van der Waals surface area contributed by atoms with E-state index in [1.54, 1.807) is 4.90 Å². The molecule has 3 amide bonds. The zero-order valence-corrected chi connectivity index (χ0v) is 16.3. The molecule has 2 aromatic rings. The van der Waals surface area contributed by atoms with Crippen LogP contribution in [0.2, 0.25) is 0 Å². The quantitative estimate of drug-likeness (QED) is 0.819. The first-order valence-electron chi connectivity index (χ1n) is 9.77. The van der Waals surface area contributed by atoms with E-state index in [1.165, 1.54) is 6.07 Å². The normalized spacial score (nSPS) is 20.0. The lowest BCUT2D eigenvalue weighted by Crippen LogP contribution is -2.52. The maximum absolute atomic E-state index is 14.4. The van der Waals surface area contributed by atoms with E-state index in [1.807, 2.05) is 31.2 Å². The van der Waals surface area contributed by atoms with Crippen molar-refractivity contribution in [2.75, 3.05) is 18.5 Å². The van der Waals surface area contributed by atoms with Crippen LogP contribution in [0.4, 0.5) is 14.9 Å². The molecule has 3 aliphatic rings. The van der Waals surface area contributed by atoms with Gasteiger partial charge in [0.2, 0.25) is 5.91 Å². The third kappa shape index (κ3) is 2.70. The van der Waals surface area contributed by atoms with Gasteiger partial charge in [0.15, 0.2) is 0 Å². The van der Waals surface area contributed by atoms with Crippen LogP contribution in [0.3, 0.4) is 0 Å². The molecule has 5 rings (SSSR count). The summed E-state index contributed by atoms with van der Waals surface area (Å²) in [6, 6.07) is 9.27. The van der Waals surface area contributed by atoms with Gasteiger partial charge in [0, 0.05) is 11.3 Å². The van der Waals surface area contributed by atoms with E-state index in [9.17, 15) is 14.0 Å². The molecular weight excluding hydrogens is 387 g/mol. The number of halogens is 1. The van der Waals surface area contributed by atoms with Crippen molar-refractivity contribution in [1.82, 2.24) is 10.2 Å². The van der Waals surface area contributed by atoms with Crippen molar-refractivity contribution in [3.8, 4) is 11.8 Å². The van der Waals surface area contributed by atoms with Crippen molar-refractivity contribution in [3.05, 3.63) is 58.4 Å². The molecule has 1 aliphatic carbocycles. The number of carbonyl (C=O) groups excluding carboxylic acids is 2. The number of nitrogens with zero attached hydrogens (tertiary/aromatic N) is 2. The summed E-state index contributed by atoms with van der Waals surface area (Å²) in [7, 11) is 0. The lowest BCUT2D eigenvalue weighted by atomic mass is 9.93. The van der Waals surface area contributed by atoms with Crippen LogP contribution < -0.4 is 15.4 Å². The highest BCUT2D eigenvalue weighted by Gasteiger charge is 2.56. The Morgan fingerprint density at radius 2 is 2.23 bits per heavy atom. The van der Waals surface area contributed by atoms with E-state index in [4.69, 9.17) is 10.00 Å². The molecule has 2 aliphatic heterocycles. The average Bonchev–Trinajstić information content (AvgIpc) is 3.38. The predicted octanol–water partition coefficient (Wildman–Crippen LogP) is 3.09. The fourth-order valence-corrected chi connectivity index (χ4v) is 4.63. The molecule has 2 heterocycles. The van der Waals surface area contributed by atoms with Gasteiger partial charge < -0.3 is 20.3 Å². The minimum Gasteiger partial charge on any atom is -0.491 e. The van der Waals surface area contributed by atoms with Crippen LogP contribution in [0.15, 0.2) is 30.3 Å². The Morgan fingerprint density at radius 3 is 2.97 bits per heavy atom. The van der Waals surface area contributed by atoms with Crippen molar-refractivity contribution in [3.63, 3.8) is 0 Å². The molecule has 1 saturated carbocycles. The summed E-state index contributed by atoms with van der Waals surface area (Å²) in [6.07, 6.45) is 1.60. The van der Waals surface area contributed by atoms with E-state index in [-0.39, 0.29) is 36.1 Å².